The van der Waals surface area contributed by atoms with Gasteiger partial charge >= 0.3 is 0 Å². The minimum absolute atomic E-state index is 0. The summed E-state index contributed by atoms with van der Waals surface area (Å²) in [5.41, 5.74) is 1.45. The lowest BCUT2D eigenvalue weighted by atomic mass is 10.2. The normalized spacial score (nSPS) is 23.3. The van der Waals surface area contributed by atoms with E-state index in [0.29, 0.717) is 0 Å². The van der Waals surface area contributed by atoms with Crippen LogP contribution in [0.5, 0.6) is 0 Å². The summed E-state index contributed by atoms with van der Waals surface area (Å²) in [6.07, 6.45) is 7.71. The molecule has 0 aromatic heterocycles. The lowest BCUT2D eigenvalue weighted by Crippen LogP contribution is -3.00. The van der Waals surface area contributed by atoms with E-state index < -0.39 is 0 Å². The molecule has 0 bridgehead atoms. The Bertz CT molecular complexity index is 138. The summed E-state index contributed by atoms with van der Waals surface area (Å²) in [6.45, 7) is 2.18. The van der Waals surface area contributed by atoms with Crippen molar-refractivity contribution in [2.24, 2.45) is 0 Å². The molecular formula is C7H12FN. The third-order valence-electron chi connectivity index (χ3n) is 1.38. The van der Waals surface area contributed by atoms with E-state index >= 15 is 0 Å². The summed E-state index contributed by atoms with van der Waals surface area (Å²) < 4.78 is 0. The first-order valence-corrected chi connectivity index (χ1v) is 3.05. The summed E-state index contributed by atoms with van der Waals surface area (Å²) in [5, 5.41) is 0. The third kappa shape index (κ3) is 1.98. The molecular weight excluding hydrogens is 117 g/mol. The summed E-state index contributed by atoms with van der Waals surface area (Å²) in [7, 11) is 2.12. The van der Waals surface area contributed by atoms with Crippen LogP contribution >= 0.6 is 0 Å². The number of hydrogen-bond acceptors (Lipinski definition) is 0. The molecule has 0 aliphatic carbocycles. The van der Waals surface area contributed by atoms with Gasteiger partial charge in [-0.2, -0.15) is 0 Å². The van der Waals surface area contributed by atoms with E-state index in [1.807, 2.05) is 0 Å². The zero-order chi connectivity index (χ0) is 5.98. The number of quaternary nitrogens is 1. The Morgan fingerprint density at radius 1 is 1.56 bits per heavy atom. The highest BCUT2D eigenvalue weighted by atomic mass is 19.0. The second kappa shape index (κ2) is 3.41. The van der Waals surface area contributed by atoms with Crippen LogP contribution in [-0.2, 0) is 0 Å². The molecule has 2 heteroatoms. The zero-order valence-electron chi connectivity index (χ0n) is 5.82. The highest BCUT2D eigenvalue weighted by Gasteiger charge is 2.01. The number of nitrogens with one attached hydrogen (secondary N) is 1. The predicted octanol–water partition coefficient (Wildman–Crippen LogP) is -2.67. The molecule has 52 valence electrons. The van der Waals surface area contributed by atoms with Crippen molar-refractivity contribution in [3.8, 4) is 0 Å². The SMILES string of the molecule is CCC1=C[NH+](C)C=C1.[F-]. The van der Waals surface area contributed by atoms with Crippen LogP contribution in [0.1, 0.15) is 13.3 Å². The number of allylic oxidation sites excluding steroid dienone is 2. The van der Waals surface area contributed by atoms with Crippen molar-refractivity contribution in [1.82, 2.24) is 0 Å². The Morgan fingerprint density at radius 2 is 2.22 bits per heavy atom. The van der Waals surface area contributed by atoms with E-state index in [9.17, 15) is 0 Å². The van der Waals surface area contributed by atoms with E-state index in [1.165, 1.54) is 10.5 Å². The van der Waals surface area contributed by atoms with Gasteiger partial charge in [0.25, 0.3) is 0 Å². The molecule has 0 fully saturated rings. The van der Waals surface area contributed by atoms with Crippen LogP contribution in [0.25, 0.3) is 0 Å². The number of rotatable bonds is 1. The molecule has 1 unspecified atom stereocenters. The highest BCUT2D eigenvalue weighted by molar-refractivity contribution is 5.16. The average Bonchev–Trinajstić information content (AvgIpc) is 2.14. The van der Waals surface area contributed by atoms with Crippen LogP contribution < -0.4 is 9.60 Å². The molecule has 1 heterocycles. The summed E-state index contributed by atoms with van der Waals surface area (Å²) in [5.74, 6) is 0. The molecule has 0 aromatic rings. The maximum absolute atomic E-state index is 2.22. The minimum atomic E-state index is 0. The Balaban J connectivity index is 0.000000640. The molecule has 1 aliphatic heterocycles. The molecule has 0 saturated carbocycles. The standard InChI is InChI=1S/C7H11N.FH/c1-3-7-4-5-8(2)6-7;/h4-6H,3H2,1-2H3;1H. The first kappa shape index (κ1) is 8.37. The Labute approximate surface area is 55.0 Å². The van der Waals surface area contributed by atoms with Crippen LogP contribution in [-0.4, -0.2) is 7.05 Å². The Morgan fingerprint density at radius 3 is 2.44 bits per heavy atom. The van der Waals surface area contributed by atoms with Crippen LogP contribution in [0.2, 0.25) is 0 Å². The van der Waals surface area contributed by atoms with Crippen molar-refractivity contribution in [3.63, 3.8) is 0 Å². The third-order valence-corrected chi connectivity index (χ3v) is 1.38. The van der Waals surface area contributed by atoms with Crippen LogP contribution in [0.4, 0.5) is 0 Å². The van der Waals surface area contributed by atoms with Crippen molar-refractivity contribution in [3.05, 3.63) is 24.0 Å². The summed E-state index contributed by atoms with van der Waals surface area (Å²) in [6, 6.07) is 0. The molecule has 1 nitrogen and oxygen atoms in total. The van der Waals surface area contributed by atoms with Crippen molar-refractivity contribution in [1.29, 1.82) is 0 Å². The molecule has 1 aliphatic rings. The molecule has 0 saturated heterocycles. The summed E-state index contributed by atoms with van der Waals surface area (Å²) in [4.78, 5) is 1.38. The largest absolute Gasteiger partial charge is 1.00 e. The van der Waals surface area contributed by atoms with E-state index in [4.69, 9.17) is 0 Å². The van der Waals surface area contributed by atoms with Crippen LogP contribution in [0.3, 0.4) is 0 Å². The van der Waals surface area contributed by atoms with Gasteiger partial charge in [-0.05, 0) is 6.42 Å². The fourth-order valence-electron chi connectivity index (χ4n) is 0.847. The van der Waals surface area contributed by atoms with Crippen LogP contribution in [0, 0.1) is 0 Å². The van der Waals surface area contributed by atoms with Crippen LogP contribution in [0.15, 0.2) is 24.0 Å². The smallest absolute Gasteiger partial charge is 0.102 e. The van der Waals surface area contributed by atoms with Crippen molar-refractivity contribution >= 4 is 0 Å². The van der Waals surface area contributed by atoms with Gasteiger partial charge in [0.15, 0.2) is 0 Å². The van der Waals surface area contributed by atoms with E-state index in [0.717, 1.165) is 6.42 Å². The lowest BCUT2D eigenvalue weighted by Gasteiger charge is -1.91. The fraction of sp³-hybridized carbons (Fsp3) is 0.429. The van der Waals surface area contributed by atoms with Gasteiger partial charge in [-0.25, -0.2) is 0 Å². The maximum Gasteiger partial charge on any atom is 0.102 e. The molecule has 1 rings (SSSR count). The Hall–Kier alpha value is -0.630. The first-order valence-electron chi connectivity index (χ1n) is 3.05. The van der Waals surface area contributed by atoms with E-state index in [1.54, 1.807) is 0 Å². The minimum Gasteiger partial charge on any atom is -1.00 e. The lowest BCUT2D eigenvalue weighted by molar-refractivity contribution is -0.763. The molecule has 9 heavy (non-hydrogen) atoms. The second-order valence-corrected chi connectivity index (χ2v) is 2.15. The van der Waals surface area contributed by atoms with Gasteiger partial charge in [-0.1, -0.05) is 6.92 Å². The number of halogens is 1. The quantitative estimate of drug-likeness (QED) is 0.394. The predicted molar refractivity (Wildman–Crippen MR) is 34.4 cm³/mol. The summed E-state index contributed by atoms with van der Waals surface area (Å²) >= 11 is 0. The van der Waals surface area contributed by atoms with Gasteiger partial charge in [-0.3, -0.25) is 4.90 Å². The maximum atomic E-state index is 2.22. The monoisotopic (exact) mass is 129 g/mol. The van der Waals surface area contributed by atoms with Gasteiger partial charge in [0.2, 0.25) is 0 Å². The molecule has 1 atom stereocenters. The van der Waals surface area contributed by atoms with E-state index in [2.05, 4.69) is 32.4 Å². The molecule has 0 amide bonds. The Kier molecular flexibility index (Phi) is 3.17. The van der Waals surface area contributed by atoms with Gasteiger partial charge in [0, 0.05) is 11.6 Å². The first-order chi connectivity index (χ1) is 3.83. The topological polar surface area (TPSA) is 4.44 Å². The fourth-order valence-corrected chi connectivity index (χ4v) is 0.847. The van der Waals surface area contributed by atoms with Gasteiger partial charge in [0.1, 0.15) is 6.20 Å². The number of hydrogen-bond donors (Lipinski definition) is 1. The van der Waals surface area contributed by atoms with Gasteiger partial charge in [0.05, 0.1) is 13.2 Å². The molecule has 0 aromatic carbocycles. The van der Waals surface area contributed by atoms with Crippen molar-refractivity contribution in [2.75, 3.05) is 7.05 Å². The average molecular weight is 129 g/mol. The van der Waals surface area contributed by atoms with Gasteiger partial charge < -0.3 is 4.70 Å². The van der Waals surface area contributed by atoms with Crippen molar-refractivity contribution in [2.45, 2.75) is 13.3 Å². The van der Waals surface area contributed by atoms with Gasteiger partial charge in [-0.15, -0.1) is 0 Å². The zero-order valence-corrected chi connectivity index (χ0v) is 5.82. The van der Waals surface area contributed by atoms with Crippen molar-refractivity contribution < 1.29 is 9.60 Å². The highest BCUT2D eigenvalue weighted by Crippen LogP contribution is 2.00. The molecule has 0 radical (unpaired) electrons. The second-order valence-electron chi connectivity index (χ2n) is 2.15. The molecule has 1 N–H and O–H groups in total. The molecule has 0 spiro atoms. The van der Waals surface area contributed by atoms with E-state index in [-0.39, 0.29) is 4.70 Å².